The molecular formula is C10H7F6NO. The van der Waals surface area contributed by atoms with Gasteiger partial charge in [0.2, 0.25) is 0 Å². The summed E-state index contributed by atoms with van der Waals surface area (Å²) in [4.78, 5) is 10.4. The van der Waals surface area contributed by atoms with Crippen molar-refractivity contribution in [3.8, 4) is 0 Å². The predicted molar refractivity (Wildman–Crippen MR) is 49.1 cm³/mol. The van der Waals surface area contributed by atoms with Gasteiger partial charge in [-0.05, 0) is 18.1 Å². The van der Waals surface area contributed by atoms with Crippen LogP contribution >= 0.6 is 0 Å². The second-order valence-corrected chi connectivity index (χ2v) is 3.34. The Morgan fingerprint density at radius 2 is 1.72 bits per heavy atom. The monoisotopic (exact) mass is 271 g/mol. The molecule has 0 atom stereocenters. The number of alkyl halides is 3. The van der Waals surface area contributed by atoms with Crippen LogP contribution in [0.15, 0.2) is 12.1 Å². The van der Waals surface area contributed by atoms with Gasteiger partial charge < -0.3 is 5.32 Å². The Balaban J connectivity index is 2.61. The molecule has 0 bridgehead atoms. The molecule has 0 fully saturated rings. The second-order valence-electron chi connectivity index (χ2n) is 3.34. The molecule has 0 aliphatic heterocycles. The molecule has 8 heteroatoms. The van der Waals surface area contributed by atoms with Crippen LogP contribution in [0.4, 0.5) is 26.3 Å². The molecule has 1 rings (SSSR count). The van der Waals surface area contributed by atoms with Gasteiger partial charge in [0.25, 0.3) is 0 Å². The highest BCUT2D eigenvalue weighted by molar-refractivity contribution is 5.81. The Labute approximate surface area is 97.6 Å². The van der Waals surface area contributed by atoms with E-state index >= 15 is 0 Å². The lowest BCUT2D eigenvalue weighted by Crippen LogP contribution is -2.37. The summed E-state index contributed by atoms with van der Waals surface area (Å²) in [5, 5.41) is 1.49. The summed E-state index contributed by atoms with van der Waals surface area (Å²) in [6, 6.07) is 1.55. The summed E-state index contributed by atoms with van der Waals surface area (Å²) in [5.74, 6) is -6.74. The first-order chi connectivity index (χ1) is 8.23. The minimum Gasteiger partial charge on any atom is -0.348 e. The summed E-state index contributed by atoms with van der Waals surface area (Å²) in [5.41, 5.74) is -0.323. The van der Waals surface area contributed by atoms with E-state index in [0.717, 1.165) is 6.07 Å². The third kappa shape index (κ3) is 3.38. The van der Waals surface area contributed by atoms with Crippen LogP contribution in [-0.4, -0.2) is 18.6 Å². The molecule has 18 heavy (non-hydrogen) atoms. The summed E-state index contributed by atoms with van der Waals surface area (Å²) >= 11 is 0. The van der Waals surface area contributed by atoms with Crippen LogP contribution in [0.2, 0.25) is 0 Å². The maximum absolute atomic E-state index is 13.1. The van der Waals surface area contributed by atoms with Crippen molar-refractivity contribution < 1.29 is 31.1 Å². The molecule has 100 valence electrons. The number of benzene rings is 1. The first-order valence-electron chi connectivity index (χ1n) is 4.71. The fourth-order valence-corrected chi connectivity index (χ4v) is 1.17. The Morgan fingerprint density at radius 3 is 2.28 bits per heavy atom. The highest BCUT2D eigenvalue weighted by Gasteiger charge is 2.38. The number of carbonyl (C=O) groups is 1. The van der Waals surface area contributed by atoms with E-state index in [4.69, 9.17) is 0 Å². The molecule has 2 nitrogen and oxygen atoms in total. The molecule has 0 aliphatic carbocycles. The van der Waals surface area contributed by atoms with Gasteiger partial charge in [-0.2, -0.15) is 13.2 Å². The number of carbonyl (C=O) groups excluding carboxylic acids is 1. The highest BCUT2D eigenvalue weighted by atomic mass is 19.4. The van der Waals surface area contributed by atoms with Crippen molar-refractivity contribution in [1.29, 1.82) is 0 Å². The zero-order chi connectivity index (χ0) is 13.9. The summed E-state index contributed by atoms with van der Waals surface area (Å²) in [6.45, 7) is -0.541. The topological polar surface area (TPSA) is 29.1 Å². The lowest BCUT2D eigenvalue weighted by atomic mass is 10.1. The van der Waals surface area contributed by atoms with Crippen LogP contribution in [0.5, 0.6) is 0 Å². The number of hydrogen-bond acceptors (Lipinski definition) is 1. The van der Waals surface area contributed by atoms with Crippen LogP contribution in [0.3, 0.4) is 0 Å². The third-order valence-electron chi connectivity index (χ3n) is 2.05. The van der Waals surface area contributed by atoms with Gasteiger partial charge in [0.05, 0.1) is 0 Å². The molecule has 0 radical (unpaired) electrons. The van der Waals surface area contributed by atoms with Gasteiger partial charge in [-0.15, -0.1) is 0 Å². The minimum absolute atomic E-state index is 0.323. The Kier molecular flexibility index (Phi) is 4.20. The lowest BCUT2D eigenvalue weighted by Gasteiger charge is -2.08. The largest absolute Gasteiger partial charge is 0.471 e. The maximum Gasteiger partial charge on any atom is 0.471 e. The molecule has 1 N–H and O–H groups in total. The van der Waals surface area contributed by atoms with E-state index in [9.17, 15) is 31.1 Å². The number of nitrogens with one attached hydrogen (secondary N) is 1. The summed E-state index contributed by atoms with van der Waals surface area (Å²) < 4.78 is 73.7. The van der Waals surface area contributed by atoms with E-state index in [1.807, 2.05) is 0 Å². The Morgan fingerprint density at radius 1 is 1.11 bits per heavy atom. The van der Waals surface area contributed by atoms with Crippen LogP contribution < -0.4 is 5.32 Å². The van der Waals surface area contributed by atoms with Crippen LogP contribution in [0, 0.1) is 17.5 Å². The van der Waals surface area contributed by atoms with Gasteiger partial charge in [-0.25, -0.2) is 13.2 Å². The molecule has 1 aromatic rings. The first kappa shape index (κ1) is 14.3. The van der Waals surface area contributed by atoms with Crippen molar-refractivity contribution in [3.63, 3.8) is 0 Å². The van der Waals surface area contributed by atoms with Crippen molar-refractivity contribution >= 4 is 5.91 Å². The number of rotatable bonds is 3. The number of amides is 1. The number of hydrogen-bond donors (Lipinski definition) is 1. The Hall–Kier alpha value is -1.73. The zero-order valence-corrected chi connectivity index (χ0v) is 8.74. The fraction of sp³-hybridized carbons (Fsp3) is 0.300. The molecule has 0 aromatic heterocycles. The normalized spacial score (nSPS) is 11.4. The quantitative estimate of drug-likeness (QED) is 0.663. The van der Waals surface area contributed by atoms with E-state index in [-0.39, 0.29) is 12.0 Å². The van der Waals surface area contributed by atoms with Crippen molar-refractivity contribution in [2.45, 2.75) is 12.6 Å². The van der Waals surface area contributed by atoms with Gasteiger partial charge >= 0.3 is 12.1 Å². The van der Waals surface area contributed by atoms with Crippen molar-refractivity contribution in [2.24, 2.45) is 0 Å². The van der Waals surface area contributed by atoms with E-state index < -0.39 is 36.1 Å². The summed E-state index contributed by atoms with van der Waals surface area (Å²) in [7, 11) is 0. The molecule has 0 saturated carbocycles. The Bertz CT molecular complexity index is 456. The van der Waals surface area contributed by atoms with Gasteiger partial charge in [0, 0.05) is 6.54 Å². The standard InChI is InChI=1S/C10H7F6NO/c11-6-2-1-5(7(12)8(6)13)3-4-17-9(18)10(14,15)16/h1-2H,3-4H2,(H,17,18). The van der Waals surface area contributed by atoms with E-state index in [0.29, 0.717) is 6.07 Å². The third-order valence-corrected chi connectivity index (χ3v) is 2.05. The van der Waals surface area contributed by atoms with Crippen LogP contribution in [-0.2, 0) is 11.2 Å². The van der Waals surface area contributed by atoms with E-state index in [1.165, 1.54) is 5.32 Å². The SMILES string of the molecule is O=C(NCCc1ccc(F)c(F)c1F)C(F)(F)F. The molecular weight excluding hydrogens is 264 g/mol. The lowest BCUT2D eigenvalue weighted by molar-refractivity contribution is -0.173. The highest BCUT2D eigenvalue weighted by Crippen LogP contribution is 2.16. The number of halogens is 6. The first-order valence-corrected chi connectivity index (χ1v) is 4.71. The van der Waals surface area contributed by atoms with Crippen LogP contribution in [0.1, 0.15) is 5.56 Å². The second kappa shape index (κ2) is 5.28. The summed E-state index contributed by atoms with van der Waals surface area (Å²) in [6.07, 6.45) is -5.42. The molecule has 0 heterocycles. The maximum atomic E-state index is 13.1. The average Bonchev–Trinajstić information content (AvgIpc) is 2.27. The minimum atomic E-state index is -5.04. The van der Waals surface area contributed by atoms with Crippen molar-refractivity contribution in [3.05, 3.63) is 35.1 Å². The van der Waals surface area contributed by atoms with Gasteiger partial charge in [0.1, 0.15) is 0 Å². The van der Waals surface area contributed by atoms with E-state index in [2.05, 4.69) is 0 Å². The molecule has 1 aromatic carbocycles. The average molecular weight is 271 g/mol. The molecule has 1 amide bonds. The molecule has 0 spiro atoms. The zero-order valence-electron chi connectivity index (χ0n) is 8.74. The van der Waals surface area contributed by atoms with Crippen molar-refractivity contribution in [2.75, 3.05) is 6.54 Å². The van der Waals surface area contributed by atoms with Gasteiger partial charge in [-0.3, -0.25) is 4.79 Å². The van der Waals surface area contributed by atoms with E-state index in [1.54, 1.807) is 0 Å². The van der Waals surface area contributed by atoms with Crippen molar-refractivity contribution in [1.82, 2.24) is 5.32 Å². The molecule has 0 unspecified atom stereocenters. The van der Waals surface area contributed by atoms with Gasteiger partial charge in [-0.1, -0.05) is 6.07 Å². The fourth-order valence-electron chi connectivity index (χ4n) is 1.17. The molecule has 0 aliphatic rings. The van der Waals surface area contributed by atoms with Gasteiger partial charge in [0.15, 0.2) is 17.5 Å². The predicted octanol–water partition coefficient (Wildman–Crippen LogP) is 2.32. The van der Waals surface area contributed by atoms with Crippen LogP contribution in [0.25, 0.3) is 0 Å². The molecule has 0 saturated heterocycles. The smallest absolute Gasteiger partial charge is 0.348 e.